The summed E-state index contributed by atoms with van der Waals surface area (Å²) in [5.74, 6) is 0.765. The van der Waals surface area contributed by atoms with Crippen LogP contribution in [0.4, 0.5) is 5.69 Å². The number of piperazine rings is 1. The lowest BCUT2D eigenvalue weighted by atomic mass is 9.91. The summed E-state index contributed by atoms with van der Waals surface area (Å²) in [6.07, 6.45) is 2.36. The molecule has 0 aliphatic carbocycles. The summed E-state index contributed by atoms with van der Waals surface area (Å²) in [6.45, 7) is 6.33. The first-order chi connectivity index (χ1) is 16.9. The molecule has 0 aromatic heterocycles. The molecule has 2 heterocycles. The largest absolute Gasteiger partial charge is 0.493 e. The van der Waals surface area contributed by atoms with E-state index in [1.165, 1.54) is 0 Å². The van der Waals surface area contributed by atoms with Crippen LogP contribution in [0.2, 0.25) is 0 Å². The van der Waals surface area contributed by atoms with E-state index in [-0.39, 0.29) is 5.91 Å². The normalized spacial score (nSPS) is 20.0. The van der Waals surface area contributed by atoms with Crippen LogP contribution < -0.4 is 14.4 Å². The van der Waals surface area contributed by atoms with Gasteiger partial charge in [0.15, 0.2) is 5.60 Å². The zero-order valence-corrected chi connectivity index (χ0v) is 20.3. The Morgan fingerprint density at radius 2 is 1.71 bits per heavy atom. The molecule has 35 heavy (non-hydrogen) atoms. The monoisotopic (exact) mass is 482 g/mol. The molecule has 0 spiro atoms. The number of carbonyl (C=O) groups is 2. The molecule has 1 amide bonds. The van der Waals surface area contributed by atoms with Gasteiger partial charge in [-0.15, -0.1) is 0 Å². The second kappa shape index (κ2) is 11.4. The number of carboxylic acids is 1. The van der Waals surface area contributed by atoms with Crippen LogP contribution in [-0.2, 0) is 20.7 Å². The molecule has 2 aliphatic heterocycles. The van der Waals surface area contributed by atoms with Crippen molar-refractivity contribution in [1.29, 1.82) is 0 Å². The highest BCUT2D eigenvalue weighted by atomic mass is 16.5. The summed E-state index contributed by atoms with van der Waals surface area (Å²) < 4.78 is 17.3. The molecule has 1 atom stereocenters. The first-order valence-electron chi connectivity index (χ1n) is 12.3. The maximum atomic E-state index is 11.7. The van der Waals surface area contributed by atoms with Gasteiger partial charge in [-0.05, 0) is 54.8 Å². The first-order valence-corrected chi connectivity index (χ1v) is 12.3. The highest BCUT2D eigenvalue weighted by molar-refractivity contribution is 5.78. The number of carboxylic acid groups (broad SMARTS) is 1. The molecule has 8 nitrogen and oxygen atoms in total. The lowest BCUT2D eigenvalue weighted by molar-refractivity contribution is -0.159. The van der Waals surface area contributed by atoms with Crippen LogP contribution in [0.25, 0.3) is 0 Å². The third-order valence-electron chi connectivity index (χ3n) is 6.63. The van der Waals surface area contributed by atoms with Crippen LogP contribution in [0.3, 0.4) is 0 Å². The zero-order chi connectivity index (χ0) is 24.7. The van der Waals surface area contributed by atoms with Crippen LogP contribution in [0.5, 0.6) is 11.5 Å². The van der Waals surface area contributed by atoms with Crippen molar-refractivity contribution in [3.05, 3.63) is 54.1 Å². The molecule has 0 radical (unpaired) electrons. The fraction of sp³-hybridized carbons (Fsp3) is 0.481. The molecule has 0 bridgehead atoms. The molecule has 2 fully saturated rings. The molecular formula is C27H34N2O6. The van der Waals surface area contributed by atoms with E-state index < -0.39 is 11.6 Å². The summed E-state index contributed by atoms with van der Waals surface area (Å²) in [5, 5.41) is 9.61. The fourth-order valence-corrected chi connectivity index (χ4v) is 4.63. The Labute approximate surface area is 206 Å². The summed E-state index contributed by atoms with van der Waals surface area (Å²) in [5.41, 5.74) is 0.910. The number of nitrogens with zero attached hydrogens (tertiary/aromatic N) is 2. The standard InChI is InChI=1S/C27H34N2O6/c1-21(30)28-12-14-29(15-13-28)23-7-9-24(10-8-23)33-16-4-17-34-25-6-2-5-22(19-25)20-27(26(31)32)11-3-18-35-27/h2,5-10,19H,3-4,11-18,20H2,1H3,(H,31,32). The minimum atomic E-state index is -1.12. The third-order valence-corrected chi connectivity index (χ3v) is 6.63. The Hall–Kier alpha value is -3.26. The topological polar surface area (TPSA) is 88.5 Å². The molecule has 1 N–H and O–H groups in total. The van der Waals surface area contributed by atoms with Gasteiger partial charge in [-0.1, -0.05) is 12.1 Å². The molecule has 2 aromatic rings. The van der Waals surface area contributed by atoms with Crippen LogP contribution in [-0.4, -0.2) is 73.5 Å². The first kappa shape index (κ1) is 24.9. The van der Waals surface area contributed by atoms with Crippen LogP contribution in [0, 0.1) is 0 Å². The molecule has 4 rings (SSSR count). The number of ether oxygens (including phenoxy) is 3. The van der Waals surface area contributed by atoms with E-state index in [1.54, 1.807) is 6.92 Å². The number of hydrogen-bond donors (Lipinski definition) is 1. The smallest absolute Gasteiger partial charge is 0.336 e. The minimum absolute atomic E-state index is 0.135. The lowest BCUT2D eigenvalue weighted by Crippen LogP contribution is -2.48. The Balaban J connectivity index is 1.18. The minimum Gasteiger partial charge on any atom is -0.493 e. The van der Waals surface area contributed by atoms with E-state index in [0.717, 1.165) is 61.8 Å². The average molecular weight is 483 g/mol. The van der Waals surface area contributed by atoms with Crippen molar-refractivity contribution in [2.75, 3.05) is 50.9 Å². The van der Waals surface area contributed by atoms with Gasteiger partial charge in [-0.2, -0.15) is 0 Å². The van der Waals surface area contributed by atoms with Crippen LogP contribution in [0.15, 0.2) is 48.5 Å². The molecule has 2 saturated heterocycles. The van der Waals surface area contributed by atoms with E-state index in [1.807, 2.05) is 41.3 Å². The second-order valence-corrected chi connectivity index (χ2v) is 9.11. The Morgan fingerprint density at radius 3 is 2.34 bits per heavy atom. The van der Waals surface area contributed by atoms with Crippen molar-refractivity contribution < 1.29 is 28.9 Å². The number of benzene rings is 2. The van der Waals surface area contributed by atoms with Gasteiger partial charge in [-0.25, -0.2) is 4.79 Å². The van der Waals surface area contributed by atoms with E-state index in [2.05, 4.69) is 17.0 Å². The Kier molecular flexibility index (Phi) is 8.13. The lowest BCUT2D eigenvalue weighted by Gasteiger charge is -2.35. The van der Waals surface area contributed by atoms with E-state index in [4.69, 9.17) is 14.2 Å². The zero-order valence-electron chi connectivity index (χ0n) is 20.3. The van der Waals surface area contributed by atoms with Gasteiger partial charge in [0, 0.05) is 58.2 Å². The quantitative estimate of drug-likeness (QED) is 0.520. The molecule has 8 heteroatoms. The SMILES string of the molecule is CC(=O)N1CCN(c2ccc(OCCCOc3cccc(CC4(C(=O)O)CCCO4)c3)cc2)CC1. The Bertz CT molecular complexity index is 995. The maximum Gasteiger partial charge on any atom is 0.336 e. The predicted molar refractivity (Wildman–Crippen MR) is 132 cm³/mol. The highest BCUT2D eigenvalue weighted by Crippen LogP contribution is 2.31. The van der Waals surface area contributed by atoms with Crippen LogP contribution >= 0.6 is 0 Å². The summed E-state index contributed by atoms with van der Waals surface area (Å²) in [7, 11) is 0. The number of aliphatic carboxylic acids is 1. The fourth-order valence-electron chi connectivity index (χ4n) is 4.63. The van der Waals surface area contributed by atoms with Gasteiger partial charge < -0.3 is 29.1 Å². The average Bonchev–Trinajstić information content (AvgIpc) is 3.34. The molecular weight excluding hydrogens is 448 g/mol. The summed E-state index contributed by atoms with van der Waals surface area (Å²) in [4.78, 5) is 27.4. The van der Waals surface area contributed by atoms with E-state index in [9.17, 15) is 14.7 Å². The molecule has 2 aromatic carbocycles. The number of anilines is 1. The van der Waals surface area contributed by atoms with Crippen molar-refractivity contribution in [3.8, 4) is 11.5 Å². The molecule has 0 saturated carbocycles. The van der Waals surface area contributed by atoms with Crippen LogP contribution in [0.1, 0.15) is 31.7 Å². The van der Waals surface area contributed by atoms with Crippen molar-refractivity contribution >= 4 is 17.6 Å². The molecule has 188 valence electrons. The van der Waals surface area contributed by atoms with Gasteiger partial charge in [-0.3, -0.25) is 4.79 Å². The maximum absolute atomic E-state index is 11.7. The van der Waals surface area contributed by atoms with Crippen molar-refractivity contribution in [2.45, 2.75) is 38.2 Å². The number of amides is 1. The van der Waals surface area contributed by atoms with Crippen molar-refractivity contribution in [2.24, 2.45) is 0 Å². The number of rotatable bonds is 10. The molecule has 1 unspecified atom stereocenters. The van der Waals surface area contributed by atoms with Gasteiger partial charge >= 0.3 is 5.97 Å². The summed E-state index contributed by atoms with van der Waals surface area (Å²) >= 11 is 0. The van der Waals surface area contributed by atoms with Gasteiger partial charge in [0.05, 0.1) is 13.2 Å². The third kappa shape index (κ3) is 6.45. The van der Waals surface area contributed by atoms with E-state index >= 15 is 0 Å². The molecule has 2 aliphatic rings. The number of hydrogen-bond acceptors (Lipinski definition) is 6. The van der Waals surface area contributed by atoms with Gasteiger partial charge in [0.25, 0.3) is 0 Å². The van der Waals surface area contributed by atoms with Crippen molar-refractivity contribution in [1.82, 2.24) is 4.90 Å². The van der Waals surface area contributed by atoms with E-state index in [0.29, 0.717) is 32.7 Å². The summed E-state index contributed by atoms with van der Waals surface area (Å²) in [6, 6.07) is 15.6. The second-order valence-electron chi connectivity index (χ2n) is 9.11. The van der Waals surface area contributed by atoms with Crippen molar-refractivity contribution in [3.63, 3.8) is 0 Å². The predicted octanol–water partition coefficient (Wildman–Crippen LogP) is 3.38. The van der Waals surface area contributed by atoms with Gasteiger partial charge in [0.1, 0.15) is 11.5 Å². The highest BCUT2D eigenvalue weighted by Gasteiger charge is 2.42. The van der Waals surface area contributed by atoms with Gasteiger partial charge in [0.2, 0.25) is 5.91 Å². The Morgan fingerprint density at radius 1 is 1.00 bits per heavy atom. The number of carbonyl (C=O) groups excluding carboxylic acids is 1.